The third-order valence-electron chi connectivity index (χ3n) is 2.01. The molecule has 1 fully saturated rings. The van der Waals surface area contributed by atoms with Crippen LogP contribution in [0.1, 0.15) is 18.5 Å². The molecule has 3 heteroatoms. The molecule has 59 valence electrons. The summed E-state index contributed by atoms with van der Waals surface area (Å²) in [4.78, 5) is 4.09. The summed E-state index contributed by atoms with van der Waals surface area (Å²) in [5.74, 6) is 0.885. The molecule has 1 saturated carbocycles. The Hall–Kier alpha value is -0.310. The van der Waals surface area contributed by atoms with Crippen LogP contribution in [0.5, 0.6) is 0 Å². The first kappa shape index (κ1) is 7.35. The Morgan fingerprint density at radius 1 is 1.73 bits per heavy atom. The van der Waals surface area contributed by atoms with E-state index in [1.54, 1.807) is 0 Å². The van der Waals surface area contributed by atoms with Gasteiger partial charge in [0.15, 0.2) is 6.33 Å². The normalized spacial score (nSPS) is 17.3. The second-order valence-corrected chi connectivity index (χ2v) is 3.89. The van der Waals surface area contributed by atoms with Gasteiger partial charge in [-0.3, -0.25) is 0 Å². The van der Waals surface area contributed by atoms with Crippen LogP contribution < -0.4 is 0 Å². The summed E-state index contributed by atoms with van der Waals surface area (Å²) < 4.78 is 3.15. The van der Waals surface area contributed by atoms with E-state index in [-0.39, 0.29) is 0 Å². The van der Waals surface area contributed by atoms with Crippen molar-refractivity contribution in [2.45, 2.75) is 26.3 Å². The molecular formula is C8H10BrN2. The van der Waals surface area contributed by atoms with Crippen molar-refractivity contribution in [3.8, 4) is 0 Å². The standard InChI is InChI=1S/C8H10BrN2/c1-6-8(9)11(5-10-6)4-7-2-3-7/h7H,2-4H2,1H3. The molecule has 0 amide bonds. The lowest BCUT2D eigenvalue weighted by atomic mass is 10.4. The molecule has 0 atom stereocenters. The number of hydrogen-bond donors (Lipinski definition) is 0. The highest BCUT2D eigenvalue weighted by molar-refractivity contribution is 9.10. The van der Waals surface area contributed by atoms with Gasteiger partial charge in [-0.1, -0.05) is 0 Å². The predicted molar refractivity (Wildman–Crippen MR) is 46.2 cm³/mol. The lowest BCUT2D eigenvalue weighted by molar-refractivity contribution is 0.612. The van der Waals surface area contributed by atoms with Crippen molar-refractivity contribution in [2.24, 2.45) is 5.92 Å². The third kappa shape index (κ3) is 1.48. The van der Waals surface area contributed by atoms with Crippen molar-refractivity contribution in [2.75, 3.05) is 0 Å². The number of halogens is 1. The van der Waals surface area contributed by atoms with Crippen LogP contribution >= 0.6 is 15.9 Å². The zero-order valence-corrected chi connectivity index (χ0v) is 8.06. The van der Waals surface area contributed by atoms with Gasteiger partial charge in [0, 0.05) is 6.54 Å². The van der Waals surface area contributed by atoms with Gasteiger partial charge in [0.05, 0.1) is 5.69 Å². The minimum atomic E-state index is 0.885. The van der Waals surface area contributed by atoms with Gasteiger partial charge < -0.3 is 4.57 Å². The summed E-state index contributed by atoms with van der Waals surface area (Å²) in [6.45, 7) is 3.07. The van der Waals surface area contributed by atoms with E-state index in [1.807, 2.05) is 6.92 Å². The number of imidazole rings is 1. The first-order valence-electron chi connectivity index (χ1n) is 3.87. The SMILES string of the molecule is Cc1n[c]n(CC2CC2)c1Br. The highest BCUT2D eigenvalue weighted by Gasteiger charge is 2.22. The molecule has 0 unspecified atom stereocenters. The van der Waals surface area contributed by atoms with E-state index >= 15 is 0 Å². The number of aryl methyl sites for hydroxylation is 1. The zero-order valence-electron chi connectivity index (χ0n) is 6.47. The minimum absolute atomic E-state index is 0.885. The van der Waals surface area contributed by atoms with Crippen LogP contribution in [0.15, 0.2) is 4.60 Å². The first-order valence-corrected chi connectivity index (χ1v) is 4.67. The molecule has 1 aliphatic carbocycles. The van der Waals surface area contributed by atoms with Crippen LogP contribution in [0.25, 0.3) is 0 Å². The van der Waals surface area contributed by atoms with Gasteiger partial charge in [-0.25, -0.2) is 4.98 Å². The molecule has 1 aromatic heterocycles. The largest absolute Gasteiger partial charge is 0.316 e. The number of rotatable bonds is 2. The highest BCUT2D eigenvalue weighted by atomic mass is 79.9. The molecule has 1 aliphatic rings. The molecule has 11 heavy (non-hydrogen) atoms. The molecule has 1 radical (unpaired) electrons. The van der Waals surface area contributed by atoms with Gasteiger partial charge in [-0.2, -0.15) is 0 Å². The summed E-state index contributed by atoms with van der Waals surface area (Å²) in [6.07, 6.45) is 5.71. The molecule has 0 spiro atoms. The maximum absolute atomic E-state index is 4.09. The van der Waals surface area contributed by atoms with Crippen LogP contribution in [-0.2, 0) is 6.54 Å². The van der Waals surface area contributed by atoms with Crippen molar-refractivity contribution in [1.82, 2.24) is 9.55 Å². The van der Waals surface area contributed by atoms with Crippen molar-refractivity contribution in [3.05, 3.63) is 16.6 Å². The molecule has 0 saturated heterocycles. The second-order valence-electron chi connectivity index (χ2n) is 3.14. The zero-order chi connectivity index (χ0) is 7.84. The molecular weight excluding hydrogens is 204 g/mol. The quantitative estimate of drug-likeness (QED) is 0.737. The maximum atomic E-state index is 4.09. The Kier molecular flexibility index (Phi) is 1.75. The van der Waals surface area contributed by atoms with E-state index in [0.29, 0.717) is 0 Å². The number of hydrogen-bond acceptors (Lipinski definition) is 1. The van der Waals surface area contributed by atoms with Crippen LogP contribution in [0.4, 0.5) is 0 Å². The smallest absolute Gasteiger partial charge is 0.177 e. The average Bonchev–Trinajstić information content (AvgIpc) is 2.74. The molecule has 0 aromatic carbocycles. The third-order valence-corrected chi connectivity index (χ3v) is 3.01. The summed E-state index contributed by atoms with van der Waals surface area (Å²) in [7, 11) is 0. The summed E-state index contributed by atoms with van der Waals surface area (Å²) in [5, 5.41) is 0. The van der Waals surface area contributed by atoms with Gasteiger partial charge in [0.25, 0.3) is 0 Å². The van der Waals surface area contributed by atoms with Crippen LogP contribution in [0.2, 0.25) is 0 Å². The molecule has 0 bridgehead atoms. The lowest BCUT2D eigenvalue weighted by Gasteiger charge is -1.99. The van der Waals surface area contributed by atoms with E-state index in [0.717, 1.165) is 22.8 Å². The fourth-order valence-corrected chi connectivity index (χ4v) is 1.41. The van der Waals surface area contributed by atoms with E-state index in [2.05, 4.69) is 31.8 Å². The van der Waals surface area contributed by atoms with Crippen molar-refractivity contribution in [3.63, 3.8) is 0 Å². The summed E-state index contributed by atoms with van der Waals surface area (Å²) in [6, 6.07) is 0. The van der Waals surface area contributed by atoms with Gasteiger partial charge in [-0.15, -0.1) is 0 Å². The molecule has 0 aliphatic heterocycles. The summed E-state index contributed by atoms with van der Waals surface area (Å²) in [5.41, 5.74) is 1.03. The Morgan fingerprint density at radius 2 is 2.45 bits per heavy atom. The van der Waals surface area contributed by atoms with Crippen LogP contribution in [-0.4, -0.2) is 9.55 Å². The maximum Gasteiger partial charge on any atom is 0.177 e. The number of nitrogens with zero attached hydrogens (tertiary/aromatic N) is 2. The average molecular weight is 214 g/mol. The van der Waals surface area contributed by atoms with E-state index in [9.17, 15) is 0 Å². The Bertz CT molecular complexity index is 263. The van der Waals surface area contributed by atoms with Gasteiger partial charge in [0.1, 0.15) is 4.60 Å². The Labute approximate surface area is 74.8 Å². The number of aromatic nitrogens is 2. The minimum Gasteiger partial charge on any atom is -0.316 e. The van der Waals surface area contributed by atoms with E-state index in [4.69, 9.17) is 0 Å². The fraction of sp³-hybridized carbons (Fsp3) is 0.625. The Balaban J connectivity index is 2.15. The van der Waals surface area contributed by atoms with Crippen molar-refractivity contribution < 1.29 is 0 Å². The second kappa shape index (κ2) is 2.63. The predicted octanol–water partition coefficient (Wildman–Crippen LogP) is 2.16. The lowest BCUT2D eigenvalue weighted by Crippen LogP contribution is -1.98. The van der Waals surface area contributed by atoms with Crippen molar-refractivity contribution in [1.29, 1.82) is 0 Å². The Morgan fingerprint density at radius 3 is 2.91 bits per heavy atom. The van der Waals surface area contributed by atoms with Crippen LogP contribution in [0.3, 0.4) is 0 Å². The molecule has 2 rings (SSSR count). The van der Waals surface area contributed by atoms with E-state index < -0.39 is 0 Å². The molecule has 1 aromatic rings. The van der Waals surface area contributed by atoms with Crippen LogP contribution in [0, 0.1) is 19.2 Å². The van der Waals surface area contributed by atoms with E-state index in [1.165, 1.54) is 12.8 Å². The highest BCUT2D eigenvalue weighted by Crippen LogP contribution is 2.31. The topological polar surface area (TPSA) is 17.8 Å². The van der Waals surface area contributed by atoms with Gasteiger partial charge >= 0.3 is 0 Å². The monoisotopic (exact) mass is 213 g/mol. The fourth-order valence-electron chi connectivity index (χ4n) is 1.10. The molecule has 2 nitrogen and oxygen atoms in total. The first-order chi connectivity index (χ1) is 5.27. The summed E-state index contributed by atoms with van der Waals surface area (Å²) >= 11 is 3.48. The van der Waals surface area contributed by atoms with Crippen molar-refractivity contribution >= 4 is 15.9 Å². The van der Waals surface area contributed by atoms with Gasteiger partial charge in [-0.05, 0) is 41.6 Å². The molecule has 0 N–H and O–H groups in total. The van der Waals surface area contributed by atoms with Gasteiger partial charge in [0.2, 0.25) is 0 Å². The molecule has 1 heterocycles.